The Kier molecular flexibility index (Phi) is 5.54. The first-order valence-corrected chi connectivity index (χ1v) is 8.10. The summed E-state index contributed by atoms with van der Waals surface area (Å²) in [6.45, 7) is 0.729. The number of amides is 2. The maximum Gasteiger partial charge on any atom is 0.245 e. The number of hydroxylamine groups is 1. The van der Waals surface area contributed by atoms with Gasteiger partial charge < -0.3 is 15.4 Å². The molecule has 132 valence electrons. The number of hydrogen-bond acceptors (Lipinski definition) is 6. The molecule has 8 heteroatoms. The van der Waals surface area contributed by atoms with E-state index in [4.69, 9.17) is 9.94 Å². The molecule has 1 fully saturated rings. The van der Waals surface area contributed by atoms with Gasteiger partial charge in [0.2, 0.25) is 11.8 Å². The molecule has 0 saturated carbocycles. The van der Waals surface area contributed by atoms with Crippen LogP contribution >= 0.6 is 0 Å². The number of aromatic nitrogens is 1. The maximum absolute atomic E-state index is 12.5. The summed E-state index contributed by atoms with van der Waals surface area (Å²) in [7, 11) is 0. The highest BCUT2D eigenvalue weighted by molar-refractivity contribution is 6.02. The second-order valence-corrected chi connectivity index (χ2v) is 5.84. The number of pyridine rings is 1. The van der Waals surface area contributed by atoms with Gasteiger partial charge in [-0.3, -0.25) is 19.8 Å². The molecule has 0 bridgehead atoms. The molecule has 0 spiro atoms. The van der Waals surface area contributed by atoms with Crippen molar-refractivity contribution in [2.45, 2.75) is 25.0 Å². The Morgan fingerprint density at radius 3 is 3.00 bits per heavy atom. The predicted octanol–water partition coefficient (Wildman–Crippen LogP) is 0.816. The normalized spacial score (nSPS) is 19.7. The summed E-state index contributed by atoms with van der Waals surface area (Å²) in [5.74, 6) is -0.638. The zero-order valence-corrected chi connectivity index (χ0v) is 13.6. The second kappa shape index (κ2) is 8.02. The van der Waals surface area contributed by atoms with Crippen molar-refractivity contribution in [1.82, 2.24) is 15.8 Å². The van der Waals surface area contributed by atoms with Crippen LogP contribution in [0.4, 0.5) is 5.69 Å². The van der Waals surface area contributed by atoms with Gasteiger partial charge in [0.15, 0.2) is 0 Å². The second-order valence-electron chi connectivity index (χ2n) is 5.84. The molecule has 2 amide bonds. The Labute approximate surface area is 144 Å². The van der Waals surface area contributed by atoms with Crippen molar-refractivity contribution in [1.29, 1.82) is 0 Å². The van der Waals surface area contributed by atoms with Crippen molar-refractivity contribution >= 4 is 28.4 Å². The molecule has 2 atom stereocenters. The number of ether oxygens (including phenoxy) is 1. The van der Waals surface area contributed by atoms with E-state index < -0.39 is 5.91 Å². The number of nitrogens with zero attached hydrogens (tertiary/aromatic N) is 1. The standard InChI is InChI=1S/C17H20N4O4/c22-15(21-24)6-8-25-12-9-14(19-10-12)17(23)20-13-5-1-3-11-4-2-7-18-16(11)13/h1-5,7,12,14,19,24H,6,8-10H2,(H,20,23)(H,21,22)/t12-,14-/m0/s1. The Bertz CT molecular complexity index is 762. The van der Waals surface area contributed by atoms with Crippen molar-refractivity contribution < 1.29 is 19.5 Å². The van der Waals surface area contributed by atoms with Crippen molar-refractivity contribution in [3.8, 4) is 0 Å². The summed E-state index contributed by atoms with van der Waals surface area (Å²) in [5.41, 5.74) is 2.98. The average Bonchev–Trinajstić information content (AvgIpc) is 3.11. The Morgan fingerprint density at radius 2 is 2.16 bits per heavy atom. The first kappa shape index (κ1) is 17.3. The molecule has 8 nitrogen and oxygen atoms in total. The van der Waals surface area contributed by atoms with Gasteiger partial charge in [-0.1, -0.05) is 18.2 Å². The quantitative estimate of drug-likeness (QED) is 0.456. The molecule has 3 rings (SSSR count). The third kappa shape index (κ3) is 4.30. The van der Waals surface area contributed by atoms with E-state index in [1.165, 1.54) is 0 Å². The summed E-state index contributed by atoms with van der Waals surface area (Å²) in [6, 6.07) is 9.07. The van der Waals surface area contributed by atoms with Gasteiger partial charge in [0, 0.05) is 18.1 Å². The number of fused-ring (bicyclic) bond motifs is 1. The molecular weight excluding hydrogens is 324 g/mol. The van der Waals surface area contributed by atoms with Crippen molar-refractivity contribution in [2.75, 3.05) is 18.5 Å². The van der Waals surface area contributed by atoms with Gasteiger partial charge in [0.05, 0.1) is 36.4 Å². The van der Waals surface area contributed by atoms with Crippen LogP contribution in [0, 0.1) is 0 Å². The van der Waals surface area contributed by atoms with Gasteiger partial charge in [-0.15, -0.1) is 0 Å². The lowest BCUT2D eigenvalue weighted by Crippen LogP contribution is -2.35. The molecule has 1 aromatic heterocycles. The molecule has 4 N–H and O–H groups in total. The van der Waals surface area contributed by atoms with Gasteiger partial charge in [-0.2, -0.15) is 0 Å². The van der Waals surface area contributed by atoms with Gasteiger partial charge in [-0.25, -0.2) is 5.48 Å². The highest BCUT2D eigenvalue weighted by atomic mass is 16.5. The first-order valence-electron chi connectivity index (χ1n) is 8.10. The number of carbonyl (C=O) groups is 2. The molecular formula is C17H20N4O4. The fourth-order valence-corrected chi connectivity index (χ4v) is 2.83. The van der Waals surface area contributed by atoms with Gasteiger partial charge in [-0.05, 0) is 18.6 Å². The van der Waals surface area contributed by atoms with Crippen molar-refractivity contribution in [3.05, 3.63) is 36.5 Å². The lowest BCUT2D eigenvalue weighted by Gasteiger charge is -2.13. The van der Waals surface area contributed by atoms with Crippen LogP contribution in [0.25, 0.3) is 10.9 Å². The van der Waals surface area contributed by atoms with E-state index in [2.05, 4.69) is 15.6 Å². The van der Waals surface area contributed by atoms with E-state index >= 15 is 0 Å². The van der Waals surface area contributed by atoms with E-state index in [0.29, 0.717) is 18.7 Å². The number of carbonyl (C=O) groups excluding carboxylic acids is 2. The van der Waals surface area contributed by atoms with Crippen LogP contribution in [0.2, 0.25) is 0 Å². The minimum Gasteiger partial charge on any atom is -0.376 e. The molecule has 0 aliphatic carbocycles. The number of nitrogens with one attached hydrogen (secondary N) is 3. The molecule has 2 aromatic rings. The SMILES string of the molecule is O=C(CCO[C@@H]1CN[C@H](C(=O)Nc2cccc3cccnc23)C1)NO. The Balaban J connectivity index is 1.54. The van der Waals surface area contributed by atoms with Crippen LogP contribution in [0.5, 0.6) is 0 Å². The van der Waals surface area contributed by atoms with Gasteiger partial charge in [0.25, 0.3) is 0 Å². The summed E-state index contributed by atoms with van der Waals surface area (Å²) >= 11 is 0. The monoisotopic (exact) mass is 344 g/mol. The van der Waals surface area contributed by atoms with E-state index in [9.17, 15) is 9.59 Å². The van der Waals surface area contributed by atoms with Gasteiger partial charge >= 0.3 is 0 Å². The lowest BCUT2D eigenvalue weighted by molar-refractivity contribution is -0.130. The zero-order chi connectivity index (χ0) is 17.6. The molecule has 2 heterocycles. The molecule has 1 aromatic carbocycles. The van der Waals surface area contributed by atoms with E-state index in [-0.39, 0.29) is 31.1 Å². The van der Waals surface area contributed by atoms with Crippen LogP contribution in [0.3, 0.4) is 0 Å². The Morgan fingerprint density at radius 1 is 1.32 bits per heavy atom. The predicted molar refractivity (Wildman–Crippen MR) is 91.1 cm³/mol. The first-order chi connectivity index (χ1) is 12.2. The van der Waals surface area contributed by atoms with Crippen LogP contribution in [0.1, 0.15) is 12.8 Å². The van der Waals surface area contributed by atoms with E-state index in [1.807, 2.05) is 30.3 Å². The molecule has 1 saturated heterocycles. The number of para-hydroxylation sites is 1. The fourth-order valence-electron chi connectivity index (χ4n) is 2.83. The third-order valence-electron chi connectivity index (χ3n) is 4.10. The average molecular weight is 344 g/mol. The summed E-state index contributed by atoms with van der Waals surface area (Å²) in [4.78, 5) is 27.7. The van der Waals surface area contributed by atoms with Crippen molar-refractivity contribution in [2.24, 2.45) is 0 Å². The van der Waals surface area contributed by atoms with E-state index in [0.717, 1.165) is 10.9 Å². The molecule has 1 aliphatic rings. The topological polar surface area (TPSA) is 113 Å². The largest absolute Gasteiger partial charge is 0.376 e. The van der Waals surface area contributed by atoms with Crippen LogP contribution in [-0.2, 0) is 14.3 Å². The van der Waals surface area contributed by atoms with Crippen LogP contribution < -0.4 is 16.1 Å². The highest BCUT2D eigenvalue weighted by Gasteiger charge is 2.30. The molecule has 25 heavy (non-hydrogen) atoms. The summed E-state index contributed by atoms with van der Waals surface area (Å²) < 4.78 is 5.55. The number of hydrogen-bond donors (Lipinski definition) is 4. The fraction of sp³-hybridized carbons (Fsp3) is 0.353. The van der Waals surface area contributed by atoms with Gasteiger partial charge in [0.1, 0.15) is 0 Å². The molecule has 1 aliphatic heterocycles. The van der Waals surface area contributed by atoms with Crippen molar-refractivity contribution in [3.63, 3.8) is 0 Å². The smallest absolute Gasteiger partial charge is 0.245 e. The number of rotatable bonds is 6. The minimum absolute atomic E-state index is 0.0749. The number of benzene rings is 1. The minimum atomic E-state index is -0.497. The zero-order valence-electron chi connectivity index (χ0n) is 13.6. The summed E-state index contributed by atoms with van der Waals surface area (Å²) in [5, 5.41) is 15.4. The summed E-state index contributed by atoms with van der Waals surface area (Å²) in [6.07, 6.45) is 2.14. The number of anilines is 1. The van der Waals surface area contributed by atoms with Crippen LogP contribution in [-0.4, -0.2) is 47.3 Å². The third-order valence-corrected chi connectivity index (χ3v) is 4.10. The van der Waals surface area contributed by atoms with Crippen LogP contribution in [0.15, 0.2) is 36.5 Å². The molecule has 0 unspecified atom stereocenters. The lowest BCUT2D eigenvalue weighted by atomic mass is 10.1. The molecule has 0 radical (unpaired) electrons. The maximum atomic E-state index is 12.5. The van der Waals surface area contributed by atoms with E-state index in [1.54, 1.807) is 11.7 Å². The highest BCUT2D eigenvalue weighted by Crippen LogP contribution is 2.21. The Hall–Kier alpha value is -2.55.